The molecule has 17 heavy (non-hydrogen) atoms. The van der Waals surface area contributed by atoms with Gasteiger partial charge in [0.25, 0.3) is 0 Å². The van der Waals surface area contributed by atoms with Gasteiger partial charge in [-0.25, -0.2) is 11.5 Å². The number of carbonyl (C=O) groups is 1. The molecule has 0 amide bonds. The van der Waals surface area contributed by atoms with E-state index in [1.807, 2.05) is 0 Å². The van der Waals surface area contributed by atoms with Crippen molar-refractivity contribution >= 4 is 5.97 Å². The molecule has 1 atom stereocenters. The molecular formula is C14H7FeO2. The van der Waals surface area contributed by atoms with Gasteiger partial charge < -0.3 is 4.74 Å². The molecule has 0 bridgehead atoms. The molecule has 83 valence electrons. The van der Waals surface area contributed by atoms with Crippen molar-refractivity contribution in [1.82, 2.24) is 0 Å². The van der Waals surface area contributed by atoms with Crippen LogP contribution in [0.25, 0.3) is 0 Å². The number of hydrogen-bond donors (Lipinski definition) is 0. The van der Waals surface area contributed by atoms with Crippen molar-refractivity contribution in [2.75, 3.05) is 0 Å². The zero-order valence-electron chi connectivity index (χ0n) is 9.25. The summed E-state index contributed by atoms with van der Waals surface area (Å²) in [5, 5.41) is 0. The van der Waals surface area contributed by atoms with Crippen LogP contribution in [0.15, 0.2) is 40.0 Å². The van der Waals surface area contributed by atoms with Gasteiger partial charge in [-0.3, -0.25) is 27.7 Å². The van der Waals surface area contributed by atoms with E-state index in [4.69, 9.17) is 4.74 Å². The third-order valence-corrected chi connectivity index (χ3v) is 1.52. The van der Waals surface area contributed by atoms with E-state index in [1.165, 1.54) is 6.92 Å². The predicted molar refractivity (Wildman–Crippen MR) is 55.5 cm³/mol. The Labute approximate surface area is 111 Å². The molecule has 0 N–H and O–H groups in total. The largest absolute Gasteiger partial charge is 2.00 e. The quantitative estimate of drug-likeness (QED) is 0.328. The molecule has 0 fully saturated rings. The fourth-order valence-corrected chi connectivity index (χ4v) is 0.896. The van der Waals surface area contributed by atoms with Crippen LogP contribution in [-0.4, -0.2) is 12.1 Å². The Kier molecular flexibility index (Phi) is 7.41. The molecule has 2 aliphatic rings. The van der Waals surface area contributed by atoms with Crippen molar-refractivity contribution in [1.29, 1.82) is 0 Å². The Morgan fingerprint density at radius 2 is 2.06 bits per heavy atom. The van der Waals surface area contributed by atoms with E-state index in [0.29, 0.717) is 5.57 Å². The monoisotopic (exact) mass is 263 g/mol. The van der Waals surface area contributed by atoms with Crippen molar-refractivity contribution in [3.63, 3.8) is 0 Å². The molecule has 1 unspecified atom stereocenters. The van der Waals surface area contributed by atoms with Crippen LogP contribution < -0.4 is 0 Å². The van der Waals surface area contributed by atoms with Crippen LogP contribution in [0.3, 0.4) is 0 Å². The number of rotatable bonds is 2. The maximum absolute atomic E-state index is 10.5. The van der Waals surface area contributed by atoms with Crippen molar-refractivity contribution in [2.45, 2.75) is 20.0 Å². The summed E-state index contributed by atoms with van der Waals surface area (Å²) in [7, 11) is 0. The van der Waals surface area contributed by atoms with Crippen LogP contribution in [0.5, 0.6) is 0 Å². The third kappa shape index (κ3) is 6.34. The summed E-state index contributed by atoms with van der Waals surface area (Å²) >= 11 is 0. The average molecular weight is 263 g/mol. The van der Waals surface area contributed by atoms with E-state index in [-0.39, 0.29) is 29.1 Å². The second-order valence-corrected chi connectivity index (χ2v) is 2.79. The Balaban J connectivity index is 0.000000360. The van der Waals surface area contributed by atoms with E-state index >= 15 is 0 Å². The minimum Gasteiger partial charge on any atom is -0.460 e. The smallest absolute Gasteiger partial charge is 0.460 e. The fraction of sp³-hybridized carbons (Fsp3) is 0.214. The predicted octanol–water partition coefficient (Wildman–Crippen LogP) is 1.77. The zero-order valence-corrected chi connectivity index (χ0v) is 10.4. The van der Waals surface area contributed by atoms with Crippen LogP contribution in [0, 0.1) is 18.2 Å². The normalized spacial score (nSPS) is 12.9. The first-order valence-electron chi connectivity index (χ1n) is 4.51. The van der Waals surface area contributed by atoms with E-state index in [0.717, 1.165) is 0 Å². The molecule has 0 spiro atoms. The number of ether oxygens (including phenoxy) is 1. The first-order valence-corrected chi connectivity index (χ1v) is 4.51. The third-order valence-electron chi connectivity index (χ3n) is 1.52. The van der Waals surface area contributed by atoms with Crippen LogP contribution in [0.1, 0.15) is 13.8 Å². The molecule has 0 aromatic rings. The Morgan fingerprint density at radius 1 is 1.29 bits per heavy atom. The first-order chi connectivity index (χ1) is 7.70. The standard InChI is InChI=1S/C9H7O2.C5.Fe/c1-7(11-8(2)10)9-5-3-4-6-9;1-2-4-5-3-1;/h7H,1-2H3;;/q2*-1;+2. The van der Waals surface area contributed by atoms with Gasteiger partial charge in [-0.05, 0) is 6.92 Å². The van der Waals surface area contributed by atoms with Gasteiger partial charge in [0.2, 0.25) is 0 Å². The average Bonchev–Trinajstić information content (AvgIpc) is 2.94. The SMILES string of the molecule is CC(=O)OC(C)C1=C=C=C=[C-]1.[C]1=C=C=C=[C-]1.[Fe+2]. The van der Waals surface area contributed by atoms with Gasteiger partial charge >= 0.3 is 23.0 Å². The number of hydrogen-bond acceptors (Lipinski definition) is 2. The number of allylic oxidation sites excluding steroid dienone is 2. The van der Waals surface area contributed by atoms with E-state index in [2.05, 4.69) is 52.6 Å². The van der Waals surface area contributed by atoms with E-state index in [9.17, 15) is 4.79 Å². The second kappa shape index (κ2) is 8.32. The Morgan fingerprint density at radius 3 is 2.41 bits per heavy atom. The first kappa shape index (κ1) is 15.1. The minimum absolute atomic E-state index is 0. The summed E-state index contributed by atoms with van der Waals surface area (Å²) in [6.07, 6.45) is 7.43. The van der Waals surface area contributed by atoms with Crippen molar-refractivity contribution < 1.29 is 26.6 Å². The van der Waals surface area contributed by atoms with Gasteiger partial charge in [-0.15, -0.1) is 18.2 Å². The van der Waals surface area contributed by atoms with Gasteiger partial charge in [0.15, 0.2) is 0 Å². The molecule has 0 aromatic carbocycles. The zero-order chi connectivity index (χ0) is 11.8. The summed E-state index contributed by atoms with van der Waals surface area (Å²) in [6.45, 7) is 3.12. The summed E-state index contributed by atoms with van der Waals surface area (Å²) < 4.78 is 4.85. The topological polar surface area (TPSA) is 26.3 Å². The summed E-state index contributed by atoms with van der Waals surface area (Å²) in [4.78, 5) is 10.5. The molecular weight excluding hydrogens is 256 g/mol. The van der Waals surface area contributed by atoms with Crippen molar-refractivity contribution in [3.8, 4) is 0 Å². The van der Waals surface area contributed by atoms with E-state index < -0.39 is 0 Å². The van der Waals surface area contributed by atoms with Crippen molar-refractivity contribution in [2.24, 2.45) is 0 Å². The Hall–Kier alpha value is -1.85. The minimum atomic E-state index is -0.305. The van der Waals surface area contributed by atoms with Gasteiger partial charge in [0, 0.05) is 6.92 Å². The molecule has 1 radical (unpaired) electrons. The molecule has 2 aliphatic carbocycles. The molecule has 2 nitrogen and oxygen atoms in total. The molecule has 0 aliphatic heterocycles. The summed E-state index contributed by atoms with van der Waals surface area (Å²) in [6, 6.07) is 0. The molecule has 3 heteroatoms. The van der Waals surface area contributed by atoms with Crippen LogP contribution >= 0.6 is 0 Å². The van der Waals surface area contributed by atoms with Crippen LogP contribution in [-0.2, 0) is 26.6 Å². The maximum atomic E-state index is 10.5. The maximum Gasteiger partial charge on any atom is 2.00 e. The number of esters is 1. The van der Waals surface area contributed by atoms with Crippen LogP contribution in [0.4, 0.5) is 0 Å². The molecule has 0 heterocycles. The molecule has 0 saturated carbocycles. The number of carbonyl (C=O) groups excluding carboxylic acids is 1. The van der Waals surface area contributed by atoms with Crippen molar-refractivity contribution in [3.05, 3.63) is 58.2 Å². The fourth-order valence-electron chi connectivity index (χ4n) is 0.896. The second-order valence-electron chi connectivity index (χ2n) is 2.79. The van der Waals surface area contributed by atoms with Gasteiger partial charge in [0.1, 0.15) is 6.10 Å². The Bertz CT molecular complexity index is 543. The molecule has 0 saturated heterocycles. The molecule has 0 aromatic heterocycles. The summed E-state index contributed by atoms with van der Waals surface area (Å²) in [5.41, 5.74) is 16.1. The summed E-state index contributed by atoms with van der Waals surface area (Å²) in [5.74, 6) is -0.305. The van der Waals surface area contributed by atoms with E-state index in [1.54, 1.807) is 6.92 Å². The van der Waals surface area contributed by atoms with Gasteiger partial charge in [-0.1, -0.05) is 5.57 Å². The van der Waals surface area contributed by atoms with Gasteiger partial charge in [-0.2, -0.15) is 0 Å². The molecule has 2 rings (SSSR count). The van der Waals surface area contributed by atoms with Crippen LogP contribution in [0.2, 0.25) is 0 Å². The van der Waals surface area contributed by atoms with Gasteiger partial charge in [0.05, 0.1) is 0 Å².